The van der Waals surface area contributed by atoms with Crippen molar-refractivity contribution in [1.82, 2.24) is 10.2 Å². The summed E-state index contributed by atoms with van der Waals surface area (Å²) in [5.74, 6) is -1.07. The van der Waals surface area contributed by atoms with Crippen molar-refractivity contribution in [3.8, 4) is 0 Å². The van der Waals surface area contributed by atoms with Gasteiger partial charge in [0.1, 0.15) is 0 Å². The van der Waals surface area contributed by atoms with Crippen molar-refractivity contribution >= 4 is 29.1 Å². The van der Waals surface area contributed by atoms with Crippen LogP contribution in [0.1, 0.15) is 0 Å². The molecule has 1 heterocycles. The maximum absolute atomic E-state index is 11.8. The third-order valence-electron chi connectivity index (χ3n) is 2.57. The summed E-state index contributed by atoms with van der Waals surface area (Å²) in [6.07, 6.45) is 0. The van der Waals surface area contributed by atoms with E-state index in [1.54, 1.807) is 24.3 Å². The van der Waals surface area contributed by atoms with Crippen molar-refractivity contribution in [2.45, 2.75) is 0 Å². The number of carbonyl (C=O) groups excluding carboxylic acids is 3. The first-order valence-corrected chi connectivity index (χ1v) is 5.73. The minimum absolute atomic E-state index is 0.0104. The van der Waals surface area contributed by atoms with E-state index in [0.29, 0.717) is 11.4 Å². The molecule has 0 atom stereocenters. The number of nitrogens with zero attached hydrogens (tertiary/aromatic N) is 1. The summed E-state index contributed by atoms with van der Waals surface area (Å²) >= 11 is 0. The number of anilines is 2. The Balaban J connectivity index is 1.89. The lowest BCUT2D eigenvalue weighted by Crippen LogP contribution is -2.53. The van der Waals surface area contributed by atoms with Crippen LogP contribution in [-0.2, 0) is 14.4 Å². The minimum atomic E-state index is -0.392. The quantitative estimate of drug-likeness (QED) is 0.487. The second-order valence-corrected chi connectivity index (χ2v) is 4.29. The molecule has 1 aliphatic heterocycles. The largest absolute Gasteiger partial charge is 0.399 e. The molecule has 0 bridgehead atoms. The lowest BCUT2D eigenvalue weighted by molar-refractivity contribution is -0.136. The zero-order chi connectivity index (χ0) is 13.8. The Bertz CT molecular complexity index is 496. The SMILES string of the molecule is Nc1ccc(NC(=O)CN2CC(=O)NC(=O)C2)cc1. The third-order valence-corrected chi connectivity index (χ3v) is 2.57. The van der Waals surface area contributed by atoms with Crippen LogP contribution in [0.4, 0.5) is 11.4 Å². The highest BCUT2D eigenvalue weighted by Gasteiger charge is 2.23. The average Bonchev–Trinajstić information content (AvgIpc) is 2.30. The number of benzene rings is 1. The molecule has 3 amide bonds. The standard InChI is InChI=1S/C12H14N4O3/c13-8-1-3-9(4-2-8)14-10(17)5-16-6-11(18)15-12(19)7-16/h1-4H,5-7,13H2,(H,14,17)(H,15,18,19). The highest BCUT2D eigenvalue weighted by molar-refractivity contribution is 6.00. The van der Waals surface area contributed by atoms with Gasteiger partial charge in [0.2, 0.25) is 17.7 Å². The number of amides is 3. The van der Waals surface area contributed by atoms with Gasteiger partial charge in [0.25, 0.3) is 0 Å². The van der Waals surface area contributed by atoms with Crippen molar-refractivity contribution in [3.05, 3.63) is 24.3 Å². The van der Waals surface area contributed by atoms with E-state index in [0.717, 1.165) is 0 Å². The number of rotatable bonds is 3. The molecule has 7 nitrogen and oxygen atoms in total. The molecule has 1 aromatic carbocycles. The molecule has 0 aromatic heterocycles. The first-order chi connectivity index (χ1) is 9.02. The molecule has 2 rings (SSSR count). The van der Waals surface area contributed by atoms with Gasteiger partial charge in [-0.2, -0.15) is 0 Å². The van der Waals surface area contributed by atoms with Crippen molar-refractivity contribution in [2.24, 2.45) is 0 Å². The minimum Gasteiger partial charge on any atom is -0.399 e. The summed E-state index contributed by atoms with van der Waals surface area (Å²) in [6, 6.07) is 6.71. The van der Waals surface area contributed by atoms with E-state index in [-0.39, 0.29) is 25.5 Å². The highest BCUT2D eigenvalue weighted by Crippen LogP contribution is 2.10. The number of nitrogen functional groups attached to an aromatic ring is 1. The molecule has 19 heavy (non-hydrogen) atoms. The van der Waals surface area contributed by atoms with Crippen LogP contribution in [0.2, 0.25) is 0 Å². The summed E-state index contributed by atoms with van der Waals surface area (Å²) in [4.78, 5) is 35.5. The van der Waals surface area contributed by atoms with Gasteiger partial charge in [-0.25, -0.2) is 0 Å². The lowest BCUT2D eigenvalue weighted by atomic mass is 10.3. The molecule has 0 unspecified atom stereocenters. The van der Waals surface area contributed by atoms with Crippen LogP contribution >= 0.6 is 0 Å². The third kappa shape index (κ3) is 3.78. The van der Waals surface area contributed by atoms with Crippen LogP contribution in [0.15, 0.2) is 24.3 Å². The Labute approximate surface area is 109 Å². The van der Waals surface area contributed by atoms with Gasteiger partial charge in [-0.15, -0.1) is 0 Å². The van der Waals surface area contributed by atoms with E-state index in [9.17, 15) is 14.4 Å². The topological polar surface area (TPSA) is 105 Å². The normalized spacial score (nSPS) is 16.0. The summed E-state index contributed by atoms with van der Waals surface area (Å²) in [5.41, 5.74) is 6.76. The first-order valence-electron chi connectivity index (χ1n) is 5.73. The predicted octanol–water partition coefficient (Wildman–Crippen LogP) is -0.834. The average molecular weight is 262 g/mol. The molecule has 0 spiro atoms. The van der Waals surface area contributed by atoms with E-state index < -0.39 is 11.8 Å². The Morgan fingerprint density at radius 3 is 2.37 bits per heavy atom. The van der Waals surface area contributed by atoms with E-state index in [1.807, 2.05) is 0 Å². The lowest BCUT2D eigenvalue weighted by Gasteiger charge is -2.24. The molecule has 0 aliphatic carbocycles. The Hall–Kier alpha value is -2.41. The van der Waals surface area contributed by atoms with Crippen LogP contribution in [0.3, 0.4) is 0 Å². The fraction of sp³-hybridized carbons (Fsp3) is 0.250. The van der Waals surface area contributed by atoms with Crippen LogP contribution in [0.25, 0.3) is 0 Å². The Kier molecular flexibility index (Phi) is 3.76. The number of imide groups is 1. The first kappa shape index (κ1) is 13.0. The zero-order valence-electron chi connectivity index (χ0n) is 10.2. The number of hydrogen-bond acceptors (Lipinski definition) is 5. The van der Waals surface area contributed by atoms with Gasteiger partial charge in [-0.1, -0.05) is 0 Å². The van der Waals surface area contributed by atoms with E-state index >= 15 is 0 Å². The Morgan fingerprint density at radius 2 is 1.79 bits per heavy atom. The number of carbonyl (C=O) groups is 3. The van der Waals surface area contributed by atoms with Crippen LogP contribution < -0.4 is 16.4 Å². The van der Waals surface area contributed by atoms with Gasteiger partial charge in [-0.05, 0) is 24.3 Å². The number of hydrogen-bond donors (Lipinski definition) is 3. The van der Waals surface area contributed by atoms with Gasteiger partial charge in [-0.3, -0.25) is 24.6 Å². The predicted molar refractivity (Wildman–Crippen MR) is 69.1 cm³/mol. The second kappa shape index (κ2) is 5.49. The molecule has 100 valence electrons. The maximum Gasteiger partial charge on any atom is 0.240 e. The van der Waals surface area contributed by atoms with E-state index in [1.165, 1.54) is 4.90 Å². The van der Waals surface area contributed by atoms with E-state index in [2.05, 4.69) is 10.6 Å². The van der Waals surface area contributed by atoms with Crippen molar-refractivity contribution in [3.63, 3.8) is 0 Å². The van der Waals surface area contributed by atoms with Crippen molar-refractivity contribution in [1.29, 1.82) is 0 Å². The van der Waals surface area contributed by atoms with Crippen molar-refractivity contribution in [2.75, 3.05) is 30.7 Å². The summed E-state index contributed by atoms with van der Waals surface area (Å²) < 4.78 is 0. The highest BCUT2D eigenvalue weighted by atomic mass is 16.2. The number of nitrogens with two attached hydrogens (primary N) is 1. The van der Waals surface area contributed by atoms with Crippen LogP contribution in [-0.4, -0.2) is 42.3 Å². The maximum atomic E-state index is 11.8. The molecular weight excluding hydrogens is 248 g/mol. The molecule has 7 heteroatoms. The molecule has 4 N–H and O–H groups in total. The van der Waals surface area contributed by atoms with Gasteiger partial charge in [0, 0.05) is 11.4 Å². The molecule has 0 saturated carbocycles. The molecule has 0 radical (unpaired) electrons. The van der Waals surface area contributed by atoms with Gasteiger partial charge >= 0.3 is 0 Å². The summed E-state index contributed by atoms with van der Waals surface area (Å²) in [6.45, 7) is 0.0747. The van der Waals surface area contributed by atoms with Crippen LogP contribution in [0, 0.1) is 0 Å². The fourth-order valence-corrected chi connectivity index (χ4v) is 1.78. The summed E-state index contributed by atoms with van der Waals surface area (Å²) in [5, 5.41) is 4.84. The van der Waals surface area contributed by atoms with E-state index in [4.69, 9.17) is 5.73 Å². The number of nitrogens with one attached hydrogen (secondary N) is 2. The zero-order valence-corrected chi connectivity index (χ0v) is 10.2. The van der Waals surface area contributed by atoms with Gasteiger partial charge < -0.3 is 11.1 Å². The van der Waals surface area contributed by atoms with Crippen LogP contribution in [0.5, 0.6) is 0 Å². The molecule has 1 aliphatic rings. The second-order valence-electron chi connectivity index (χ2n) is 4.29. The fourth-order valence-electron chi connectivity index (χ4n) is 1.78. The molecular formula is C12H14N4O3. The molecule has 1 fully saturated rings. The monoisotopic (exact) mass is 262 g/mol. The summed E-state index contributed by atoms with van der Waals surface area (Å²) in [7, 11) is 0. The molecule has 1 saturated heterocycles. The smallest absolute Gasteiger partial charge is 0.240 e. The van der Waals surface area contributed by atoms with Gasteiger partial charge in [0.15, 0.2) is 0 Å². The van der Waals surface area contributed by atoms with Crippen molar-refractivity contribution < 1.29 is 14.4 Å². The Morgan fingerprint density at radius 1 is 1.21 bits per heavy atom. The number of piperazine rings is 1. The molecule has 1 aromatic rings. The van der Waals surface area contributed by atoms with Gasteiger partial charge in [0.05, 0.1) is 19.6 Å².